The van der Waals surface area contributed by atoms with Gasteiger partial charge in [-0.25, -0.2) is 0 Å². The second kappa shape index (κ2) is 10.5. The van der Waals surface area contributed by atoms with Crippen molar-refractivity contribution in [3.8, 4) is 11.5 Å². The Labute approximate surface area is 220 Å². The quantitative estimate of drug-likeness (QED) is 0.363. The fourth-order valence-electron chi connectivity index (χ4n) is 5.28. The van der Waals surface area contributed by atoms with Crippen LogP contribution < -0.4 is 9.47 Å². The van der Waals surface area contributed by atoms with Gasteiger partial charge in [-0.2, -0.15) is 0 Å². The van der Waals surface area contributed by atoms with Gasteiger partial charge in [0.25, 0.3) is 11.7 Å². The summed E-state index contributed by atoms with van der Waals surface area (Å²) in [5.74, 6) is 0.443. The molecule has 38 heavy (non-hydrogen) atoms. The highest BCUT2D eigenvalue weighted by molar-refractivity contribution is 6.44. The van der Waals surface area contributed by atoms with Crippen LogP contribution in [-0.4, -0.2) is 96.1 Å². The average Bonchev–Trinajstić information content (AvgIpc) is 3.58. The van der Waals surface area contributed by atoms with Gasteiger partial charge in [-0.05, 0) is 23.8 Å². The lowest BCUT2D eigenvalue weighted by atomic mass is 10.1. The number of para-hydroxylation sites is 1. The first kappa shape index (κ1) is 24.4. The number of piperazine rings is 1. The number of aromatic nitrogens is 1. The largest absolute Gasteiger partial charge is 0.454 e. The number of amides is 2. The monoisotopic (exact) mass is 518 g/mol. The Bertz CT molecular complexity index is 1370. The van der Waals surface area contributed by atoms with Crippen LogP contribution in [-0.2, 0) is 27.4 Å². The number of fused-ring (bicyclic) bond motifs is 2. The number of carbonyl (C=O) groups excluding carboxylic acids is 3. The normalized spacial score (nSPS) is 17.7. The van der Waals surface area contributed by atoms with Gasteiger partial charge >= 0.3 is 0 Å². The number of ether oxygens (including phenoxy) is 3. The molecule has 2 saturated heterocycles. The smallest absolute Gasteiger partial charge is 0.295 e. The predicted octanol–water partition coefficient (Wildman–Crippen LogP) is 1.76. The number of ketones is 1. The SMILES string of the molecule is O=C(C(=O)N1CCN(Cc2ccc3c(c2)OCO3)CC1)c1cn(CC(=O)N2CCOCC2)c2ccccc12. The molecule has 0 unspecified atom stereocenters. The molecule has 0 radical (unpaired) electrons. The second-order valence-electron chi connectivity index (χ2n) is 9.77. The molecule has 0 aliphatic carbocycles. The maximum atomic E-state index is 13.4. The average molecular weight is 519 g/mol. The van der Waals surface area contributed by atoms with Crippen LogP contribution in [0, 0.1) is 0 Å². The zero-order valence-electron chi connectivity index (χ0n) is 21.1. The minimum atomic E-state index is -0.539. The zero-order valence-corrected chi connectivity index (χ0v) is 21.1. The number of morpholine rings is 1. The summed E-state index contributed by atoms with van der Waals surface area (Å²) in [5, 5.41) is 0.682. The van der Waals surface area contributed by atoms with Crippen LogP contribution in [0.1, 0.15) is 15.9 Å². The van der Waals surface area contributed by atoms with Crippen molar-refractivity contribution in [2.45, 2.75) is 13.1 Å². The molecule has 198 valence electrons. The number of hydrogen-bond acceptors (Lipinski definition) is 7. The molecule has 2 amide bonds. The molecule has 3 aliphatic rings. The van der Waals surface area contributed by atoms with Crippen LogP contribution in [0.3, 0.4) is 0 Å². The first-order valence-corrected chi connectivity index (χ1v) is 12.9. The molecule has 0 bridgehead atoms. The van der Waals surface area contributed by atoms with Crippen LogP contribution in [0.25, 0.3) is 10.9 Å². The standard InChI is InChI=1S/C28H30N4O6/c33-26(30-11-13-36-14-12-30)18-32-17-22(21-3-1-2-4-23(21)32)27(34)28(35)31-9-7-29(8-10-31)16-20-5-6-24-25(15-20)38-19-37-24/h1-6,15,17H,7-14,16,18-19H2. The first-order valence-electron chi connectivity index (χ1n) is 12.9. The van der Waals surface area contributed by atoms with E-state index >= 15 is 0 Å². The molecule has 0 saturated carbocycles. The second-order valence-corrected chi connectivity index (χ2v) is 9.77. The van der Waals surface area contributed by atoms with E-state index < -0.39 is 11.7 Å². The van der Waals surface area contributed by atoms with Gasteiger partial charge in [0.15, 0.2) is 11.5 Å². The molecule has 2 aromatic carbocycles. The molecular formula is C28H30N4O6. The van der Waals surface area contributed by atoms with E-state index in [9.17, 15) is 14.4 Å². The highest BCUT2D eigenvalue weighted by Gasteiger charge is 2.30. The summed E-state index contributed by atoms with van der Waals surface area (Å²) < 4.78 is 18.0. The molecule has 3 aliphatic heterocycles. The van der Waals surface area contributed by atoms with Crippen molar-refractivity contribution in [3.05, 3.63) is 59.8 Å². The Balaban J connectivity index is 1.11. The lowest BCUT2D eigenvalue weighted by Crippen LogP contribution is -2.50. The number of hydrogen-bond donors (Lipinski definition) is 0. The van der Waals surface area contributed by atoms with E-state index in [-0.39, 0.29) is 19.2 Å². The molecule has 2 fully saturated rings. The van der Waals surface area contributed by atoms with Gasteiger partial charge in [-0.15, -0.1) is 0 Å². The van der Waals surface area contributed by atoms with Crippen molar-refractivity contribution >= 4 is 28.5 Å². The highest BCUT2D eigenvalue weighted by atomic mass is 16.7. The minimum absolute atomic E-state index is 0.0297. The van der Waals surface area contributed by atoms with Crippen LogP contribution in [0.4, 0.5) is 0 Å². The zero-order chi connectivity index (χ0) is 26.1. The summed E-state index contributed by atoms with van der Waals surface area (Å²) in [7, 11) is 0. The van der Waals surface area contributed by atoms with E-state index in [4.69, 9.17) is 14.2 Å². The van der Waals surface area contributed by atoms with Crippen LogP contribution in [0.15, 0.2) is 48.7 Å². The Hall–Kier alpha value is -3.89. The maximum Gasteiger partial charge on any atom is 0.295 e. The lowest BCUT2D eigenvalue weighted by Gasteiger charge is -2.34. The van der Waals surface area contributed by atoms with Gasteiger partial charge in [0, 0.05) is 62.9 Å². The van der Waals surface area contributed by atoms with Crippen molar-refractivity contribution in [2.24, 2.45) is 0 Å². The van der Waals surface area contributed by atoms with Crippen molar-refractivity contribution in [2.75, 3.05) is 59.3 Å². The summed E-state index contributed by atoms with van der Waals surface area (Å²) >= 11 is 0. The van der Waals surface area contributed by atoms with Crippen molar-refractivity contribution in [3.63, 3.8) is 0 Å². The number of rotatable bonds is 6. The van der Waals surface area contributed by atoms with E-state index in [2.05, 4.69) is 4.90 Å². The number of carbonyl (C=O) groups is 3. The molecule has 1 aromatic heterocycles. The molecular weight excluding hydrogens is 488 g/mol. The molecule has 4 heterocycles. The van der Waals surface area contributed by atoms with Crippen LogP contribution in [0.2, 0.25) is 0 Å². The number of Topliss-reactive ketones (excluding diaryl/α,β-unsaturated/α-hetero) is 1. The molecule has 10 heteroatoms. The topological polar surface area (TPSA) is 93.6 Å². The van der Waals surface area contributed by atoms with E-state index in [1.807, 2.05) is 42.5 Å². The highest BCUT2D eigenvalue weighted by Crippen LogP contribution is 2.33. The fourth-order valence-corrected chi connectivity index (χ4v) is 5.28. The van der Waals surface area contributed by atoms with Crippen molar-refractivity contribution in [1.82, 2.24) is 19.3 Å². The summed E-state index contributed by atoms with van der Waals surface area (Å²) in [6.45, 7) is 5.56. The summed E-state index contributed by atoms with van der Waals surface area (Å²) in [6, 6.07) is 13.3. The van der Waals surface area contributed by atoms with Gasteiger partial charge < -0.3 is 28.6 Å². The minimum Gasteiger partial charge on any atom is -0.454 e. The predicted molar refractivity (Wildman–Crippen MR) is 138 cm³/mol. The first-order chi connectivity index (χ1) is 18.6. The Morgan fingerprint density at radius 1 is 0.816 bits per heavy atom. The lowest BCUT2D eigenvalue weighted by molar-refractivity contribution is -0.135. The third-order valence-electron chi connectivity index (χ3n) is 7.40. The molecule has 3 aromatic rings. The molecule has 6 rings (SSSR count). The molecule has 0 spiro atoms. The molecule has 0 N–H and O–H groups in total. The summed E-state index contributed by atoms with van der Waals surface area (Å²) in [6.07, 6.45) is 1.65. The van der Waals surface area contributed by atoms with Gasteiger partial charge in [-0.3, -0.25) is 19.3 Å². The van der Waals surface area contributed by atoms with Gasteiger partial charge in [-0.1, -0.05) is 24.3 Å². The van der Waals surface area contributed by atoms with Crippen molar-refractivity contribution in [1.29, 1.82) is 0 Å². The summed E-state index contributed by atoms with van der Waals surface area (Å²) in [4.78, 5) is 45.1. The van der Waals surface area contributed by atoms with Crippen LogP contribution in [0.5, 0.6) is 11.5 Å². The van der Waals surface area contributed by atoms with E-state index in [0.717, 1.165) is 29.1 Å². The molecule has 0 atom stereocenters. The van der Waals surface area contributed by atoms with E-state index in [1.54, 1.807) is 20.6 Å². The van der Waals surface area contributed by atoms with Crippen molar-refractivity contribution < 1.29 is 28.6 Å². The third-order valence-corrected chi connectivity index (χ3v) is 7.40. The third kappa shape index (κ3) is 4.84. The Morgan fingerprint density at radius 2 is 1.58 bits per heavy atom. The fraction of sp³-hybridized carbons (Fsp3) is 0.393. The van der Waals surface area contributed by atoms with Crippen LogP contribution >= 0.6 is 0 Å². The van der Waals surface area contributed by atoms with Gasteiger partial charge in [0.05, 0.1) is 18.8 Å². The van der Waals surface area contributed by atoms with E-state index in [0.29, 0.717) is 63.4 Å². The maximum absolute atomic E-state index is 13.4. The summed E-state index contributed by atoms with van der Waals surface area (Å²) in [5.41, 5.74) is 2.21. The Kier molecular flexibility index (Phi) is 6.73. The molecule has 10 nitrogen and oxygen atoms in total. The number of benzene rings is 2. The Morgan fingerprint density at radius 3 is 2.39 bits per heavy atom. The number of nitrogens with zero attached hydrogens (tertiary/aromatic N) is 4. The van der Waals surface area contributed by atoms with E-state index in [1.165, 1.54) is 0 Å². The van der Waals surface area contributed by atoms with Gasteiger partial charge in [0.1, 0.15) is 6.54 Å². The van der Waals surface area contributed by atoms with Gasteiger partial charge in [0.2, 0.25) is 12.7 Å².